The third kappa shape index (κ3) is 3.42. The number of nitrogens with one attached hydrogen (secondary N) is 1. The van der Waals surface area contributed by atoms with E-state index in [9.17, 15) is 0 Å². The van der Waals surface area contributed by atoms with Crippen LogP contribution < -0.4 is 4.74 Å². The second-order valence-corrected chi connectivity index (χ2v) is 7.57. The van der Waals surface area contributed by atoms with Gasteiger partial charge in [-0.3, -0.25) is 4.90 Å². The number of rotatable bonds is 6. The Bertz CT molecular complexity index is 550. The van der Waals surface area contributed by atoms with E-state index in [1.54, 1.807) is 0 Å². The first-order chi connectivity index (χ1) is 11.1. The molecule has 1 unspecified atom stereocenters. The van der Waals surface area contributed by atoms with Crippen molar-refractivity contribution in [1.82, 2.24) is 4.90 Å². The first-order valence-electron chi connectivity index (χ1n) is 8.95. The van der Waals surface area contributed by atoms with Gasteiger partial charge in [0.05, 0.1) is 13.2 Å². The Hall–Kier alpha value is -1.42. The Labute approximate surface area is 139 Å². The van der Waals surface area contributed by atoms with Crippen molar-refractivity contribution in [3.05, 3.63) is 29.3 Å². The summed E-state index contributed by atoms with van der Waals surface area (Å²) in [7, 11) is 0. The molecule has 4 heteroatoms. The fourth-order valence-corrected chi connectivity index (χ4v) is 4.33. The fraction of sp³-hybridized carbons (Fsp3) is 0.684. The van der Waals surface area contributed by atoms with Crippen molar-refractivity contribution in [2.24, 2.45) is 10.5 Å². The number of piperidine rings is 1. The average Bonchev–Trinajstić information content (AvgIpc) is 2.83. The molecule has 1 aromatic rings. The molecule has 0 radical (unpaired) electrons. The van der Waals surface area contributed by atoms with E-state index in [2.05, 4.69) is 42.1 Å². The molecule has 0 amide bonds. The van der Waals surface area contributed by atoms with Crippen molar-refractivity contribution in [2.45, 2.75) is 52.0 Å². The molecule has 1 N–H and O–H groups in total. The lowest BCUT2D eigenvalue weighted by Crippen LogP contribution is -2.39. The number of nitrogens with zero attached hydrogens (tertiary/aromatic N) is 2. The van der Waals surface area contributed by atoms with Gasteiger partial charge in [-0.2, -0.15) is 5.11 Å². The SMILES string of the molecule is CC1(C)Cc2c(OCCCN=N)cccc2C1N1CCCCC1. The van der Waals surface area contributed by atoms with Crippen LogP contribution in [0.25, 0.3) is 0 Å². The van der Waals surface area contributed by atoms with Gasteiger partial charge in [0.2, 0.25) is 0 Å². The second kappa shape index (κ2) is 7.00. The molecular weight excluding hydrogens is 286 g/mol. The van der Waals surface area contributed by atoms with Crippen LogP contribution in [0.15, 0.2) is 23.3 Å². The maximum Gasteiger partial charge on any atom is 0.122 e. The standard InChI is InChI=1S/C19H29N3O/c1-19(2)14-16-15(18(19)22-11-4-3-5-12-22)8-6-9-17(16)23-13-7-10-21-20/h6,8-9,18,20H,3-5,7,10-14H2,1-2H3. The van der Waals surface area contributed by atoms with Crippen LogP contribution in [0.3, 0.4) is 0 Å². The number of hydrogen-bond acceptors (Lipinski definition) is 4. The Kier molecular flexibility index (Phi) is 5.00. The first kappa shape index (κ1) is 16.4. The summed E-state index contributed by atoms with van der Waals surface area (Å²) in [5.41, 5.74) is 9.99. The highest BCUT2D eigenvalue weighted by atomic mass is 16.5. The molecular formula is C19H29N3O. The normalized spacial score (nSPS) is 23.5. The highest BCUT2D eigenvalue weighted by Gasteiger charge is 2.43. The van der Waals surface area contributed by atoms with Crippen LogP contribution in [0, 0.1) is 10.9 Å². The van der Waals surface area contributed by atoms with E-state index in [0.29, 0.717) is 19.2 Å². The molecule has 4 nitrogen and oxygen atoms in total. The molecule has 0 saturated carbocycles. The lowest BCUT2D eigenvalue weighted by molar-refractivity contribution is 0.0826. The molecule has 126 valence electrons. The highest BCUT2D eigenvalue weighted by Crippen LogP contribution is 2.51. The summed E-state index contributed by atoms with van der Waals surface area (Å²) in [6.07, 6.45) is 5.93. The summed E-state index contributed by atoms with van der Waals surface area (Å²) in [5, 5.41) is 3.40. The third-order valence-electron chi connectivity index (χ3n) is 5.26. The maximum atomic E-state index is 6.86. The van der Waals surface area contributed by atoms with E-state index in [4.69, 9.17) is 10.3 Å². The van der Waals surface area contributed by atoms with Crippen LogP contribution in [0.1, 0.15) is 56.7 Å². The summed E-state index contributed by atoms with van der Waals surface area (Å²) in [4.78, 5) is 2.69. The minimum Gasteiger partial charge on any atom is -0.493 e. The van der Waals surface area contributed by atoms with Gasteiger partial charge >= 0.3 is 0 Å². The number of ether oxygens (including phenoxy) is 1. The van der Waals surface area contributed by atoms with Crippen molar-refractivity contribution in [1.29, 1.82) is 5.53 Å². The summed E-state index contributed by atoms with van der Waals surface area (Å²) in [6, 6.07) is 7.06. The van der Waals surface area contributed by atoms with Crippen molar-refractivity contribution in [3.8, 4) is 5.75 Å². The molecule has 1 aromatic carbocycles. The highest BCUT2D eigenvalue weighted by molar-refractivity contribution is 5.47. The maximum absolute atomic E-state index is 6.86. The molecule has 0 aromatic heterocycles. The van der Waals surface area contributed by atoms with Gasteiger partial charge in [0, 0.05) is 12.5 Å². The van der Waals surface area contributed by atoms with Gasteiger partial charge in [-0.25, -0.2) is 5.53 Å². The summed E-state index contributed by atoms with van der Waals surface area (Å²) < 4.78 is 6.02. The molecule has 1 atom stereocenters. The molecule has 0 bridgehead atoms. The lowest BCUT2D eigenvalue weighted by Gasteiger charge is -2.40. The summed E-state index contributed by atoms with van der Waals surface area (Å²) in [5.74, 6) is 1.04. The zero-order valence-corrected chi connectivity index (χ0v) is 14.5. The Morgan fingerprint density at radius 1 is 1.26 bits per heavy atom. The fourth-order valence-electron chi connectivity index (χ4n) is 4.33. The van der Waals surface area contributed by atoms with Gasteiger partial charge in [-0.1, -0.05) is 32.4 Å². The van der Waals surface area contributed by atoms with E-state index in [0.717, 1.165) is 18.6 Å². The first-order valence-corrected chi connectivity index (χ1v) is 8.95. The molecule has 1 aliphatic heterocycles. The number of benzene rings is 1. The van der Waals surface area contributed by atoms with Crippen LogP contribution >= 0.6 is 0 Å². The zero-order chi connectivity index (χ0) is 16.3. The number of likely N-dealkylation sites (tertiary alicyclic amines) is 1. The van der Waals surface area contributed by atoms with Crippen LogP contribution in [0.2, 0.25) is 0 Å². The second-order valence-electron chi connectivity index (χ2n) is 7.57. The van der Waals surface area contributed by atoms with E-state index in [1.165, 1.54) is 43.5 Å². The lowest BCUT2D eigenvalue weighted by atomic mass is 9.83. The molecule has 1 saturated heterocycles. The zero-order valence-electron chi connectivity index (χ0n) is 14.5. The Balaban J connectivity index is 1.81. The molecule has 23 heavy (non-hydrogen) atoms. The van der Waals surface area contributed by atoms with Crippen LogP contribution in [-0.2, 0) is 6.42 Å². The van der Waals surface area contributed by atoms with Crippen molar-refractivity contribution < 1.29 is 4.74 Å². The van der Waals surface area contributed by atoms with E-state index in [1.807, 2.05) is 0 Å². The molecule has 3 rings (SSSR count). The van der Waals surface area contributed by atoms with E-state index < -0.39 is 0 Å². The van der Waals surface area contributed by atoms with Gasteiger partial charge in [-0.05, 0) is 55.0 Å². The number of fused-ring (bicyclic) bond motifs is 1. The van der Waals surface area contributed by atoms with Crippen molar-refractivity contribution in [3.63, 3.8) is 0 Å². The average molecular weight is 315 g/mol. The van der Waals surface area contributed by atoms with Crippen molar-refractivity contribution >= 4 is 0 Å². The number of hydrogen-bond donors (Lipinski definition) is 1. The smallest absolute Gasteiger partial charge is 0.122 e. The van der Waals surface area contributed by atoms with Crippen LogP contribution in [0.4, 0.5) is 0 Å². The Morgan fingerprint density at radius 3 is 2.78 bits per heavy atom. The topological polar surface area (TPSA) is 48.7 Å². The van der Waals surface area contributed by atoms with Crippen molar-refractivity contribution in [2.75, 3.05) is 26.2 Å². The summed E-state index contributed by atoms with van der Waals surface area (Å²) in [6.45, 7) is 8.45. The third-order valence-corrected chi connectivity index (χ3v) is 5.26. The van der Waals surface area contributed by atoms with Crippen LogP contribution in [0.5, 0.6) is 5.75 Å². The van der Waals surface area contributed by atoms with E-state index >= 15 is 0 Å². The molecule has 1 aliphatic carbocycles. The molecule has 2 aliphatic rings. The largest absolute Gasteiger partial charge is 0.493 e. The van der Waals surface area contributed by atoms with E-state index in [-0.39, 0.29) is 5.41 Å². The summed E-state index contributed by atoms with van der Waals surface area (Å²) >= 11 is 0. The van der Waals surface area contributed by atoms with Gasteiger partial charge in [-0.15, -0.1) is 0 Å². The molecule has 1 fully saturated rings. The predicted molar refractivity (Wildman–Crippen MR) is 92.2 cm³/mol. The minimum atomic E-state index is 0.260. The quantitative estimate of drug-likeness (QED) is 0.616. The molecule has 1 heterocycles. The van der Waals surface area contributed by atoms with Gasteiger partial charge in [0.1, 0.15) is 5.75 Å². The molecule has 0 spiro atoms. The Morgan fingerprint density at radius 2 is 2.04 bits per heavy atom. The minimum absolute atomic E-state index is 0.260. The van der Waals surface area contributed by atoms with Gasteiger partial charge in [0.15, 0.2) is 0 Å². The van der Waals surface area contributed by atoms with Gasteiger partial charge < -0.3 is 4.74 Å². The van der Waals surface area contributed by atoms with Crippen LogP contribution in [-0.4, -0.2) is 31.1 Å². The monoisotopic (exact) mass is 315 g/mol. The predicted octanol–water partition coefficient (Wildman–Crippen LogP) is 4.60. The van der Waals surface area contributed by atoms with Gasteiger partial charge in [0.25, 0.3) is 0 Å².